The molecular formula is C9H15Cl2NO3. The SMILES string of the molecule is CNCC(O)c1ccc(O)c(O)c1.Cl.Cl. The Kier molecular flexibility index (Phi) is 8.47. The van der Waals surface area contributed by atoms with E-state index in [4.69, 9.17) is 10.2 Å². The first kappa shape index (κ1) is 16.7. The molecule has 1 aromatic rings. The maximum atomic E-state index is 9.48. The maximum absolute atomic E-state index is 9.48. The molecule has 1 aromatic carbocycles. The molecule has 0 amide bonds. The lowest BCUT2D eigenvalue weighted by atomic mass is 10.1. The van der Waals surface area contributed by atoms with Gasteiger partial charge in [0.05, 0.1) is 6.10 Å². The van der Waals surface area contributed by atoms with E-state index in [0.29, 0.717) is 12.1 Å². The standard InChI is InChI=1S/C9H13NO3.2ClH/c1-10-5-9(13)6-2-3-7(11)8(12)4-6;;/h2-4,9-13H,5H2,1H3;2*1H. The smallest absolute Gasteiger partial charge is 0.157 e. The fourth-order valence-electron chi connectivity index (χ4n) is 1.06. The first-order valence-electron chi connectivity index (χ1n) is 3.99. The van der Waals surface area contributed by atoms with Gasteiger partial charge in [0, 0.05) is 6.54 Å². The highest BCUT2D eigenvalue weighted by atomic mass is 35.5. The molecule has 15 heavy (non-hydrogen) atoms. The van der Waals surface area contributed by atoms with E-state index in [0.717, 1.165) is 0 Å². The topological polar surface area (TPSA) is 72.7 Å². The predicted octanol–water partition coefficient (Wildman–Crippen LogP) is 1.19. The molecule has 0 aromatic heterocycles. The van der Waals surface area contributed by atoms with E-state index in [9.17, 15) is 5.11 Å². The zero-order valence-electron chi connectivity index (χ0n) is 8.17. The Bertz CT molecular complexity index is 297. The molecule has 0 saturated carbocycles. The maximum Gasteiger partial charge on any atom is 0.157 e. The normalized spacial score (nSPS) is 11.1. The number of phenolic OH excluding ortho intramolecular Hbond substituents is 2. The number of aromatic hydroxyl groups is 2. The number of nitrogens with one attached hydrogen (secondary N) is 1. The summed E-state index contributed by atoms with van der Waals surface area (Å²) in [4.78, 5) is 0. The fourth-order valence-corrected chi connectivity index (χ4v) is 1.06. The Balaban J connectivity index is 0. The van der Waals surface area contributed by atoms with Crippen LogP contribution < -0.4 is 5.32 Å². The molecule has 0 saturated heterocycles. The summed E-state index contributed by atoms with van der Waals surface area (Å²) < 4.78 is 0. The van der Waals surface area contributed by atoms with Gasteiger partial charge in [0.1, 0.15) is 0 Å². The van der Waals surface area contributed by atoms with Crippen LogP contribution in [0.1, 0.15) is 11.7 Å². The van der Waals surface area contributed by atoms with Crippen LogP contribution in [0, 0.1) is 0 Å². The van der Waals surface area contributed by atoms with Gasteiger partial charge in [-0.05, 0) is 24.7 Å². The van der Waals surface area contributed by atoms with Crippen molar-refractivity contribution in [1.82, 2.24) is 5.32 Å². The van der Waals surface area contributed by atoms with Crippen LogP contribution in [0.2, 0.25) is 0 Å². The van der Waals surface area contributed by atoms with Crippen molar-refractivity contribution in [3.05, 3.63) is 23.8 Å². The van der Waals surface area contributed by atoms with Gasteiger partial charge in [-0.15, -0.1) is 24.8 Å². The van der Waals surface area contributed by atoms with E-state index in [2.05, 4.69) is 5.32 Å². The fraction of sp³-hybridized carbons (Fsp3) is 0.333. The minimum atomic E-state index is -0.670. The molecule has 4 nitrogen and oxygen atoms in total. The van der Waals surface area contributed by atoms with E-state index >= 15 is 0 Å². The molecule has 1 unspecified atom stereocenters. The predicted molar refractivity (Wildman–Crippen MR) is 63.2 cm³/mol. The molecule has 0 aliphatic rings. The molecule has 4 N–H and O–H groups in total. The largest absolute Gasteiger partial charge is 0.504 e. The number of likely N-dealkylation sites (N-methyl/N-ethyl adjacent to an activating group) is 1. The second-order valence-electron chi connectivity index (χ2n) is 2.82. The Morgan fingerprint density at radius 3 is 2.27 bits per heavy atom. The van der Waals surface area contributed by atoms with Crippen molar-refractivity contribution in [1.29, 1.82) is 0 Å². The van der Waals surface area contributed by atoms with Gasteiger partial charge < -0.3 is 20.6 Å². The van der Waals surface area contributed by atoms with Crippen molar-refractivity contribution in [3.63, 3.8) is 0 Å². The van der Waals surface area contributed by atoms with Gasteiger partial charge in [0.25, 0.3) is 0 Å². The average Bonchev–Trinajstić information content (AvgIpc) is 2.10. The molecule has 0 spiro atoms. The molecule has 0 aliphatic heterocycles. The highest BCUT2D eigenvalue weighted by molar-refractivity contribution is 5.85. The van der Waals surface area contributed by atoms with Crippen molar-refractivity contribution in [3.8, 4) is 11.5 Å². The molecule has 0 heterocycles. The number of aliphatic hydroxyl groups is 1. The van der Waals surface area contributed by atoms with Crippen LogP contribution in [-0.2, 0) is 0 Å². The summed E-state index contributed by atoms with van der Waals surface area (Å²) in [7, 11) is 1.73. The van der Waals surface area contributed by atoms with E-state index < -0.39 is 6.10 Å². The summed E-state index contributed by atoms with van der Waals surface area (Å²) in [6, 6.07) is 4.26. The summed E-state index contributed by atoms with van der Waals surface area (Å²) in [6.45, 7) is 0.407. The summed E-state index contributed by atoms with van der Waals surface area (Å²) in [5.41, 5.74) is 0.574. The van der Waals surface area contributed by atoms with Crippen LogP contribution >= 0.6 is 24.8 Å². The summed E-state index contributed by atoms with van der Waals surface area (Å²) in [6.07, 6.45) is -0.670. The quantitative estimate of drug-likeness (QED) is 0.613. The first-order valence-corrected chi connectivity index (χ1v) is 3.99. The lowest BCUT2D eigenvalue weighted by molar-refractivity contribution is 0.177. The highest BCUT2D eigenvalue weighted by Gasteiger charge is 2.08. The minimum Gasteiger partial charge on any atom is -0.504 e. The van der Waals surface area contributed by atoms with E-state index in [1.165, 1.54) is 12.1 Å². The molecule has 0 bridgehead atoms. The number of benzene rings is 1. The highest BCUT2D eigenvalue weighted by Crippen LogP contribution is 2.27. The third kappa shape index (κ3) is 4.57. The Labute approximate surface area is 101 Å². The lowest BCUT2D eigenvalue weighted by Gasteiger charge is -2.10. The summed E-state index contributed by atoms with van der Waals surface area (Å²) >= 11 is 0. The third-order valence-corrected chi connectivity index (χ3v) is 1.78. The van der Waals surface area contributed by atoms with Crippen LogP contribution in [0.4, 0.5) is 0 Å². The van der Waals surface area contributed by atoms with Gasteiger partial charge in [-0.3, -0.25) is 0 Å². The monoisotopic (exact) mass is 255 g/mol. The van der Waals surface area contributed by atoms with Gasteiger partial charge >= 0.3 is 0 Å². The number of hydrogen-bond donors (Lipinski definition) is 4. The molecule has 0 radical (unpaired) electrons. The van der Waals surface area contributed by atoms with Gasteiger partial charge in [0.15, 0.2) is 11.5 Å². The molecule has 88 valence electrons. The summed E-state index contributed by atoms with van der Waals surface area (Å²) in [5, 5.41) is 30.4. The van der Waals surface area contributed by atoms with Gasteiger partial charge in [-0.25, -0.2) is 0 Å². The van der Waals surface area contributed by atoms with Crippen LogP contribution in [-0.4, -0.2) is 28.9 Å². The van der Waals surface area contributed by atoms with Crippen molar-refractivity contribution >= 4 is 24.8 Å². The number of phenols is 2. The van der Waals surface area contributed by atoms with Crippen LogP contribution in [0.5, 0.6) is 11.5 Å². The molecule has 0 aliphatic carbocycles. The summed E-state index contributed by atoms with van der Waals surface area (Å²) in [5.74, 6) is -0.395. The van der Waals surface area contributed by atoms with E-state index in [1.54, 1.807) is 13.1 Å². The molecular weight excluding hydrogens is 241 g/mol. The molecule has 1 rings (SSSR count). The number of rotatable bonds is 3. The van der Waals surface area contributed by atoms with Crippen molar-refractivity contribution in [2.45, 2.75) is 6.10 Å². The Morgan fingerprint density at radius 1 is 1.20 bits per heavy atom. The zero-order valence-corrected chi connectivity index (χ0v) is 9.81. The molecule has 0 fully saturated rings. The van der Waals surface area contributed by atoms with Gasteiger partial charge in [-0.1, -0.05) is 6.07 Å². The average molecular weight is 256 g/mol. The molecule has 6 heteroatoms. The van der Waals surface area contributed by atoms with Crippen molar-refractivity contribution < 1.29 is 15.3 Å². The first-order chi connectivity index (χ1) is 6.15. The van der Waals surface area contributed by atoms with Gasteiger partial charge in [-0.2, -0.15) is 0 Å². The van der Waals surface area contributed by atoms with Crippen molar-refractivity contribution in [2.75, 3.05) is 13.6 Å². The van der Waals surface area contributed by atoms with E-state index in [-0.39, 0.29) is 36.3 Å². The third-order valence-electron chi connectivity index (χ3n) is 1.78. The second-order valence-corrected chi connectivity index (χ2v) is 2.82. The number of hydrogen-bond acceptors (Lipinski definition) is 4. The van der Waals surface area contributed by atoms with Crippen LogP contribution in [0.3, 0.4) is 0 Å². The number of aliphatic hydroxyl groups excluding tert-OH is 1. The lowest BCUT2D eigenvalue weighted by Crippen LogP contribution is -2.16. The zero-order chi connectivity index (χ0) is 9.84. The van der Waals surface area contributed by atoms with E-state index in [1.807, 2.05) is 0 Å². The van der Waals surface area contributed by atoms with Crippen LogP contribution in [0.25, 0.3) is 0 Å². The Morgan fingerprint density at radius 2 is 1.80 bits per heavy atom. The molecule has 1 atom stereocenters. The number of halogens is 2. The van der Waals surface area contributed by atoms with Gasteiger partial charge in [0.2, 0.25) is 0 Å². The second kappa shape index (κ2) is 7.59. The Hall–Kier alpha value is -0.680. The van der Waals surface area contributed by atoms with Crippen molar-refractivity contribution in [2.24, 2.45) is 0 Å². The van der Waals surface area contributed by atoms with Crippen LogP contribution in [0.15, 0.2) is 18.2 Å². The minimum absolute atomic E-state index is 0.